The molecule has 0 fully saturated rings. The zero-order valence-electron chi connectivity index (χ0n) is 20.5. The van der Waals surface area contributed by atoms with E-state index in [1.165, 1.54) is 5.57 Å². The third-order valence-electron chi connectivity index (χ3n) is 5.57. The maximum Gasteiger partial charge on any atom is 0.343 e. The van der Waals surface area contributed by atoms with Crippen molar-refractivity contribution in [3.63, 3.8) is 0 Å². The van der Waals surface area contributed by atoms with Gasteiger partial charge in [0, 0.05) is 5.56 Å². The molecular weight excluding hydrogens is 432 g/mol. The van der Waals surface area contributed by atoms with Crippen LogP contribution in [-0.4, -0.2) is 26.4 Å². The van der Waals surface area contributed by atoms with Gasteiger partial charge in [0.1, 0.15) is 11.5 Å². The summed E-state index contributed by atoms with van der Waals surface area (Å²) in [6, 6.07) is 5.52. The number of benzene rings is 2. The summed E-state index contributed by atoms with van der Waals surface area (Å²) < 4.78 is 5.61. The second-order valence-corrected chi connectivity index (χ2v) is 8.88. The lowest BCUT2D eigenvalue weighted by Gasteiger charge is -2.14. The van der Waals surface area contributed by atoms with Crippen molar-refractivity contribution in [1.29, 1.82) is 0 Å². The van der Waals surface area contributed by atoms with Crippen LogP contribution in [0.3, 0.4) is 0 Å². The van der Waals surface area contributed by atoms with Gasteiger partial charge in [0.2, 0.25) is 0 Å². The fraction of sp³-hybridized carbons (Fsp3) is 0.393. The number of hydrogen-bond donors (Lipinski definition) is 4. The normalized spacial score (nSPS) is 11.4. The molecule has 6 heteroatoms. The van der Waals surface area contributed by atoms with Crippen LogP contribution in [0.4, 0.5) is 0 Å². The number of hydrogen-bond acceptors (Lipinski definition) is 6. The van der Waals surface area contributed by atoms with E-state index >= 15 is 0 Å². The summed E-state index contributed by atoms with van der Waals surface area (Å²) in [6.45, 7) is 8.27. The van der Waals surface area contributed by atoms with E-state index in [4.69, 9.17) is 4.74 Å². The summed E-state index contributed by atoms with van der Waals surface area (Å²) in [5.41, 5.74) is 3.65. The molecule has 0 atom stereocenters. The molecule has 0 spiro atoms. The number of aryl methyl sites for hydroxylation is 1. The highest BCUT2D eigenvalue weighted by atomic mass is 16.5. The number of carbonyl (C=O) groups excluding carboxylic acids is 1. The van der Waals surface area contributed by atoms with E-state index < -0.39 is 23.2 Å². The number of esters is 1. The molecule has 6 nitrogen and oxygen atoms in total. The fourth-order valence-corrected chi connectivity index (χ4v) is 3.55. The number of carbonyl (C=O) groups is 1. The quantitative estimate of drug-likeness (QED) is 0.0961. The highest BCUT2D eigenvalue weighted by molar-refractivity contribution is 5.92. The summed E-state index contributed by atoms with van der Waals surface area (Å²) in [5.74, 6) is -2.49. The predicted molar refractivity (Wildman–Crippen MR) is 134 cm³/mol. The SMILES string of the molecule is CCCCCc1cc(O)c(C/C=C(\C)CCC=C(C)C)c(OC(=O)c2cc(O)c(O)c(O)c2)c1. The summed E-state index contributed by atoms with van der Waals surface area (Å²) in [6.07, 6.45) is 10.2. The highest BCUT2D eigenvalue weighted by Gasteiger charge is 2.19. The first-order valence-electron chi connectivity index (χ1n) is 11.7. The molecule has 0 radical (unpaired) electrons. The highest BCUT2D eigenvalue weighted by Crippen LogP contribution is 2.37. The van der Waals surface area contributed by atoms with Gasteiger partial charge in [-0.05, 0) is 82.7 Å². The monoisotopic (exact) mass is 468 g/mol. The average Bonchev–Trinajstić information content (AvgIpc) is 2.76. The van der Waals surface area contributed by atoms with Crippen molar-refractivity contribution < 1.29 is 30.0 Å². The van der Waals surface area contributed by atoms with Gasteiger partial charge in [0.05, 0.1) is 5.56 Å². The van der Waals surface area contributed by atoms with Gasteiger partial charge in [-0.25, -0.2) is 4.79 Å². The molecule has 2 aromatic carbocycles. The van der Waals surface area contributed by atoms with E-state index in [2.05, 4.69) is 26.8 Å². The van der Waals surface area contributed by atoms with Gasteiger partial charge in [-0.1, -0.05) is 43.1 Å². The zero-order chi connectivity index (χ0) is 25.3. The Morgan fingerprint density at radius 3 is 2.21 bits per heavy atom. The minimum absolute atomic E-state index is 0.0570. The third-order valence-corrected chi connectivity index (χ3v) is 5.57. The predicted octanol–water partition coefficient (Wildman–Crippen LogP) is 6.70. The summed E-state index contributed by atoms with van der Waals surface area (Å²) in [7, 11) is 0. The van der Waals surface area contributed by atoms with Crippen LogP contribution in [0.15, 0.2) is 47.6 Å². The minimum Gasteiger partial charge on any atom is -0.508 e. The van der Waals surface area contributed by atoms with Gasteiger partial charge in [-0.2, -0.15) is 0 Å². The summed E-state index contributed by atoms with van der Waals surface area (Å²) in [5, 5.41) is 39.8. The third kappa shape index (κ3) is 7.87. The fourth-order valence-electron chi connectivity index (χ4n) is 3.55. The van der Waals surface area contributed by atoms with Gasteiger partial charge >= 0.3 is 5.97 Å². The smallest absolute Gasteiger partial charge is 0.343 e. The van der Waals surface area contributed by atoms with Crippen LogP contribution < -0.4 is 4.74 Å². The van der Waals surface area contributed by atoms with E-state index in [9.17, 15) is 25.2 Å². The first-order valence-corrected chi connectivity index (χ1v) is 11.7. The molecule has 0 heterocycles. The molecule has 0 aliphatic heterocycles. The maximum atomic E-state index is 12.8. The largest absolute Gasteiger partial charge is 0.508 e. The zero-order valence-corrected chi connectivity index (χ0v) is 20.5. The molecule has 0 saturated heterocycles. The van der Waals surface area contributed by atoms with Gasteiger partial charge in [0.25, 0.3) is 0 Å². The number of aromatic hydroxyl groups is 4. The first kappa shape index (κ1) is 26.8. The van der Waals surface area contributed by atoms with E-state index in [1.807, 2.05) is 13.0 Å². The number of rotatable bonds is 11. The molecule has 2 rings (SSSR count). The van der Waals surface area contributed by atoms with Crippen LogP contribution in [-0.2, 0) is 12.8 Å². The molecule has 184 valence electrons. The number of allylic oxidation sites excluding steroid dienone is 4. The van der Waals surface area contributed by atoms with Crippen molar-refractivity contribution >= 4 is 5.97 Å². The van der Waals surface area contributed by atoms with E-state index in [-0.39, 0.29) is 17.1 Å². The molecule has 0 amide bonds. The Bertz CT molecular complexity index is 1040. The summed E-state index contributed by atoms with van der Waals surface area (Å²) in [4.78, 5) is 12.8. The second-order valence-electron chi connectivity index (χ2n) is 8.88. The van der Waals surface area contributed by atoms with Crippen molar-refractivity contribution in [2.75, 3.05) is 0 Å². The van der Waals surface area contributed by atoms with Crippen LogP contribution in [0.25, 0.3) is 0 Å². The molecule has 0 aliphatic carbocycles. The van der Waals surface area contributed by atoms with Crippen molar-refractivity contribution in [2.45, 2.75) is 72.6 Å². The molecule has 34 heavy (non-hydrogen) atoms. The van der Waals surface area contributed by atoms with E-state index in [1.54, 1.807) is 12.1 Å². The standard InChI is InChI=1S/C28H36O6/c1-5-6-7-11-20-14-23(29)22(13-12-19(4)10-8-9-18(2)3)26(15-20)34-28(33)21-16-24(30)27(32)25(31)17-21/h9,12,14-17,29-32H,5-8,10-11,13H2,1-4H3/b19-12+. The Labute approximate surface area is 201 Å². The van der Waals surface area contributed by atoms with Crippen LogP contribution in [0.1, 0.15) is 81.3 Å². The number of phenolic OH excluding ortho intramolecular Hbond substituents is 4. The first-order chi connectivity index (χ1) is 16.1. The van der Waals surface area contributed by atoms with Crippen molar-refractivity contribution in [3.8, 4) is 28.7 Å². The number of unbranched alkanes of at least 4 members (excludes halogenated alkanes) is 2. The Kier molecular flexibility index (Phi) is 10.0. The van der Waals surface area contributed by atoms with Gasteiger partial charge in [0.15, 0.2) is 17.2 Å². The van der Waals surface area contributed by atoms with E-state index in [0.29, 0.717) is 12.0 Å². The number of ether oxygens (including phenoxy) is 1. The lowest BCUT2D eigenvalue weighted by molar-refractivity contribution is 0.0732. The number of phenols is 4. The van der Waals surface area contributed by atoms with Crippen molar-refractivity contribution in [2.24, 2.45) is 0 Å². The van der Waals surface area contributed by atoms with E-state index in [0.717, 1.165) is 61.8 Å². The molecule has 0 unspecified atom stereocenters. The molecule has 2 aromatic rings. The summed E-state index contributed by atoms with van der Waals surface area (Å²) >= 11 is 0. The van der Waals surface area contributed by atoms with Gasteiger partial charge in [-0.3, -0.25) is 0 Å². The van der Waals surface area contributed by atoms with Gasteiger partial charge < -0.3 is 25.2 Å². The molecule has 0 bridgehead atoms. The molecule has 0 aliphatic rings. The Hall–Kier alpha value is -3.41. The van der Waals surface area contributed by atoms with Crippen LogP contribution in [0.5, 0.6) is 28.7 Å². The van der Waals surface area contributed by atoms with Crippen LogP contribution in [0.2, 0.25) is 0 Å². The Morgan fingerprint density at radius 2 is 1.59 bits per heavy atom. The molecular formula is C28H36O6. The second kappa shape index (κ2) is 12.7. The topological polar surface area (TPSA) is 107 Å². The van der Waals surface area contributed by atoms with Gasteiger partial charge in [-0.15, -0.1) is 0 Å². The molecule has 0 saturated carbocycles. The minimum atomic E-state index is -0.818. The van der Waals surface area contributed by atoms with Crippen LogP contribution in [0, 0.1) is 0 Å². The Balaban J connectivity index is 2.33. The van der Waals surface area contributed by atoms with Crippen molar-refractivity contribution in [1.82, 2.24) is 0 Å². The lowest BCUT2D eigenvalue weighted by Crippen LogP contribution is -2.10. The van der Waals surface area contributed by atoms with Crippen LogP contribution >= 0.6 is 0 Å². The lowest BCUT2D eigenvalue weighted by atomic mass is 10.00. The average molecular weight is 469 g/mol. The molecule has 4 N–H and O–H groups in total. The maximum absolute atomic E-state index is 12.8. The molecule has 0 aromatic heterocycles. The Morgan fingerprint density at radius 1 is 0.912 bits per heavy atom. The van der Waals surface area contributed by atoms with Crippen molar-refractivity contribution in [3.05, 3.63) is 64.3 Å².